The minimum absolute atomic E-state index is 0.137. The van der Waals surface area contributed by atoms with E-state index in [1.807, 2.05) is 12.1 Å². The van der Waals surface area contributed by atoms with Gasteiger partial charge in [-0.05, 0) is 17.2 Å². The van der Waals surface area contributed by atoms with E-state index in [1.54, 1.807) is 18.2 Å². The Balaban J connectivity index is 2.52. The molecule has 0 spiro atoms. The molecule has 0 saturated heterocycles. The van der Waals surface area contributed by atoms with Crippen LogP contribution in [-0.4, -0.2) is 42.5 Å². The molecule has 0 radical (unpaired) electrons. The monoisotopic (exact) mass is 332 g/mol. The highest BCUT2D eigenvalue weighted by atomic mass is 16.6. The Morgan fingerprint density at radius 3 is 2.62 bits per heavy atom. The Kier molecular flexibility index (Phi) is 5.31. The molecule has 0 aliphatic carbocycles. The Bertz CT molecular complexity index is 725. The van der Waals surface area contributed by atoms with Gasteiger partial charge in [0, 0.05) is 11.1 Å². The summed E-state index contributed by atoms with van der Waals surface area (Å²) in [6.07, 6.45) is 4.18. The molecule has 1 heterocycles. The fourth-order valence-electron chi connectivity index (χ4n) is 2.47. The van der Waals surface area contributed by atoms with Gasteiger partial charge in [-0.1, -0.05) is 24.3 Å². The lowest BCUT2D eigenvalue weighted by Gasteiger charge is -2.32. The third-order valence-electron chi connectivity index (χ3n) is 3.56. The fourth-order valence-corrected chi connectivity index (χ4v) is 2.47. The second-order valence-corrected chi connectivity index (χ2v) is 4.93. The van der Waals surface area contributed by atoms with Crippen LogP contribution >= 0.6 is 0 Å². The highest BCUT2D eigenvalue weighted by molar-refractivity contribution is 5.96. The van der Waals surface area contributed by atoms with Crippen LogP contribution in [0.3, 0.4) is 0 Å². The summed E-state index contributed by atoms with van der Waals surface area (Å²) >= 11 is 0. The van der Waals surface area contributed by atoms with Gasteiger partial charge in [-0.3, -0.25) is 10.1 Å². The van der Waals surface area contributed by atoms with Gasteiger partial charge in [0.25, 0.3) is 0 Å². The Morgan fingerprint density at radius 1 is 1.29 bits per heavy atom. The van der Waals surface area contributed by atoms with Crippen LogP contribution in [0.15, 0.2) is 42.2 Å². The number of esters is 2. The van der Waals surface area contributed by atoms with Crippen molar-refractivity contribution in [3.8, 4) is 0 Å². The molecule has 0 fully saturated rings. The van der Waals surface area contributed by atoms with E-state index in [9.17, 15) is 19.7 Å². The lowest BCUT2D eigenvalue weighted by molar-refractivity contribution is -0.487. The van der Waals surface area contributed by atoms with E-state index in [0.717, 1.165) is 18.7 Å². The van der Waals surface area contributed by atoms with Crippen LogP contribution in [0, 0.1) is 10.1 Å². The predicted octanol–water partition coefficient (Wildman–Crippen LogP) is 1.52. The molecule has 24 heavy (non-hydrogen) atoms. The van der Waals surface area contributed by atoms with Crippen LogP contribution < -0.4 is 0 Å². The number of ether oxygens (including phenoxy) is 2. The first-order valence-corrected chi connectivity index (χ1v) is 7.03. The smallest absolute Gasteiger partial charge is 0.354 e. The van der Waals surface area contributed by atoms with Crippen molar-refractivity contribution in [1.29, 1.82) is 0 Å². The summed E-state index contributed by atoms with van der Waals surface area (Å²) in [6, 6.07) is 6.37. The number of carbonyl (C=O) groups excluding carboxylic acids is 2. The minimum Gasteiger partial charge on any atom is -0.466 e. The Labute approximate surface area is 138 Å². The van der Waals surface area contributed by atoms with Gasteiger partial charge in [0.2, 0.25) is 6.54 Å². The van der Waals surface area contributed by atoms with Gasteiger partial charge >= 0.3 is 11.9 Å². The van der Waals surface area contributed by atoms with Crippen LogP contribution in [-0.2, 0) is 19.1 Å². The summed E-state index contributed by atoms with van der Waals surface area (Å²) in [5.41, 5.74) is 1.35. The molecule has 0 amide bonds. The summed E-state index contributed by atoms with van der Waals surface area (Å²) in [5.74, 6) is -1.56. The maximum absolute atomic E-state index is 12.1. The van der Waals surface area contributed by atoms with E-state index >= 15 is 0 Å². The molecule has 0 bridgehead atoms. The standard InChI is InChI=1S/C16H16N2O6/c1-23-15(19)9-13(16(20)24-2)17-8-7-11-5-3-4-6-12(11)14(17)10-18(21)22/h3-9,14H,10H2,1-2H3/b13-9+. The molecule has 0 N–H and O–H groups in total. The summed E-state index contributed by atoms with van der Waals surface area (Å²) in [4.78, 5) is 35.6. The van der Waals surface area contributed by atoms with Gasteiger partial charge in [0.1, 0.15) is 11.7 Å². The van der Waals surface area contributed by atoms with Gasteiger partial charge in [-0.15, -0.1) is 0 Å². The second kappa shape index (κ2) is 7.40. The number of fused-ring (bicyclic) bond motifs is 1. The second-order valence-electron chi connectivity index (χ2n) is 4.93. The number of benzene rings is 1. The highest BCUT2D eigenvalue weighted by Gasteiger charge is 2.33. The topological polar surface area (TPSA) is 99.0 Å². The molecular formula is C16H16N2O6. The Morgan fingerprint density at radius 2 is 2.00 bits per heavy atom. The summed E-state index contributed by atoms with van der Waals surface area (Å²) in [7, 11) is 2.33. The molecule has 1 atom stereocenters. The molecule has 1 aromatic carbocycles. The summed E-state index contributed by atoms with van der Waals surface area (Å²) < 4.78 is 9.24. The average Bonchev–Trinajstić information content (AvgIpc) is 2.59. The van der Waals surface area contributed by atoms with Crippen LogP contribution in [0.1, 0.15) is 17.2 Å². The number of nitro groups is 1. The fraction of sp³-hybridized carbons (Fsp3) is 0.250. The van der Waals surface area contributed by atoms with Crippen molar-refractivity contribution < 1.29 is 24.0 Å². The number of rotatable bonds is 5. The van der Waals surface area contributed by atoms with E-state index in [-0.39, 0.29) is 5.70 Å². The van der Waals surface area contributed by atoms with Crippen LogP contribution in [0.25, 0.3) is 6.08 Å². The third kappa shape index (κ3) is 3.60. The van der Waals surface area contributed by atoms with E-state index in [0.29, 0.717) is 5.56 Å². The Hall–Kier alpha value is -3.16. The van der Waals surface area contributed by atoms with Crippen molar-refractivity contribution in [2.75, 3.05) is 20.8 Å². The number of hydrogen-bond acceptors (Lipinski definition) is 7. The normalized spacial score (nSPS) is 16.3. The summed E-state index contributed by atoms with van der Waals surface area (Å²) in [5, 5.41) is 11.1. The van der Waals surface area contributed by atoms with Gasteiger partial charge in [0.15, 0.2) is 0 Å². The van der Waals surface area contributed by atoms with E-state index in [1.165, 1.54) is 18.2 Å². The van der Waals surface area contributed by atoms with E-state index < -0.39 is 29.4 Å². The quantitative estimate of drug-likeness (QED) is 0.349. The maximum atomic E-state index is 12.1. The van der Waals surface area contributed by atoms with E-state index in [2.05, 4.69) is 4.74 Å². The van der Waals surface area contributed by atoms with Crippen molar-refractivity contribution in [3.63, 3.8) is 0 Å². The largest absolute Gasteiger partial charge is 0.466 e. The molecule has 8 heteroatoms. The van der Waals surface area contributed by atoms with Crippen molar-refractivity contribution in [2.45, 2.75) is 6.04 Å². The van der Waals surface area contributed by atoms with Gasteiger partial charge in [-0.25, -0.2) is 9.59 Å². The lowest BCUT2D eigenvalue weighted by atomic mass is 9.95. The maximum Gasteiger partial charge on any atom is 0.354 e. The molecule has 0 saturated carbocycles. The average molecular weight is 332 g/mol. The van der Waals surface area contributed by atoms with Crippen LogP contribution in [0.4, 0.5) is 0 Å². The first-order chi connectivity index (χ1) is 11.5. The molecule has 1 unspecified atom stereocenters. The van der Waals surface area contributed by atoms with Crippen molar-refractivity contribution in [1.82, 2.24) is 4.90 Å². The molecule has 0 aromatic heterocycles. The first-order valence-electron chi connectivity index (χ1n) is 7.03. The number of nitrogens with zero attached hydrogens (tertiary/aromatic N) is 2. The van der Waals surface area contributed by atoms with Crippen LogP contribution in [0.5, 0.6) is 0 Å². The summed E-state index contributed by atoms with van der Waals surface area (Å²) in [6.45, 7) is -0.448. The SMILES string of the molecule is COC(=O)/C=C(\C(=O)OC)N1C=Cc2ccccc2C1C[N+](=O)[O-]. The third-order valence-corrected chi connectivity index (χ3v) is 3.56. The molecule has 8 nitrogen and oxygen atoms in total. The molecular weight excluding hydrogens is 316 g/mol. The predicted molar refractivity (Wildman–Crippen MR) is 84.0 cm³/mol. The lowest BCUT2D eigenvalue weighted by Crippen LogP contribution is -2.34. The molecule has 126 valence electrons. The van der Waals surface area contributed by atoms with Gasteiger partial charge in [0.05, 0.1) is 20.3 Å². The zero-order chi connectivity index (χ0) is 17.7. The molecule has 2 rings (SSSR count). The number of carbonyl (C=O) groups is 2. The zero-order valence-corrected chi connectivity index (χ0v) is 13.2. The number of hydrogen-bond donors (Lipinski definition) is 0. The molecule has 1 aromatic rings. The number of methoxy groups -OCH3 is 2. The molecule has 1 aliphatic rings. The van der Waals surface area contributed by atoms with Crippen molar-refractivity contribution in [3.05, 3.63) is 63.5 Å². The van der Waals surface area contributed by atoms with Crippen molar-refractivity contribution >= 4 is 18.0 Å². The van der Waals surface area contributed by atoms with E-state index in [4.69, 9.17) is 4.74 Å². The zero-order valence-electron chi connectivity index (χ0n) is 13.2. The minimum atomic E-state index is -0.794. The highest BCUT2D eigenvalue weighted by Crippen LogP contribution is 2.33. The van der Waals surface area contributed by atoms with Crippen LogP contribution in [0.2, 0.25) is 0 Å². The van der Waals surface area contributed by atoms with Gasteiger partial charge < -0.3 is 14.4 Å². The molecule has 1 aliphatic heterocycles. The van der Waals surface area contributed by atoms with Crippen molar-refractivity contribution in [2.24, 2.45) is 0 Å². The first kappa shape index (κ1) is 17.2. The van der Waals surface area contributed by atoms with Gasteiger partial charge in [-0.2, -0.15) is 0 Å².